The van der Waals surface area contributed by atoms with Crippen LogP contribution in [0, 0.1) is 10.1 Å². The number of ether oxygens (including phenoxy) is 1. The van der Waals surface area contributed by atoms with Crippen LogP contribution in [-0.4, -0.2) is 27.3 Å². The molecular formula is C16H17N3O5. The van der Waals surface area contributed by atoms with Gasteiger partial charge in [0.25, 0.3) is 11.2 Å². The van der Waals surface area contributed by atoms with Crippen molar-refractivity contribution in [1.82, 2.24) is 9.78 Å². The largest absolute Gasteiger partial charge is 0.464 e. The molecule has 1 heterocycles. The number of esters is 1. The smallest absolute Gasteiger partial charge is 0.331 e. The van der Waals surface area contributed by atoms with Crippen LogP contribution in [0.15, 0.2) is 41.2 Å². The third-order valence-corrected chi connectivity index (χ3v) is 3.42. The van der Waals surface area contributed by atoms with Crippen molar-refractivity contribution in [3.8, 4) is 11.3 Å². The van der Waals surface area contributed by atoms with Gasteiger partial charge in [-0.3, -0.25) is 14.9 Å². The van der Waals surface area contributed by atoms with Crippen molar-refractivity contribution in [2.75, 3.05) is 6.61 Å². The third kappa shape index (κ3) is 3.65. The summed E-state index contributed by atoms with van der Waals surface area (Å²) in [6.07, 6.45) is 0.337. The maximum absolute atomic E-state index is 12.1. The zero-order valence-corrected chi connectivity index (χ0v) is 13.3. The van der Waals surface area contributed by atoms with Crippen molar-refractivity contribution in [1.29, 1.82) is 0 Å². The average molecular weight is 331 g/mol. The monoisotopic (exact) mass is 331 g/mol. The predicted molar refractivity (Wildman–Crippen MR) is 86.5 cm³/mol. The lowest BCUT2D eigenvalue weighted by molar-refractivity contribution is -0.384. The minimum atomic E-state index is -0.837. The number of nitrogens with zero attached hydrogens (tertiary/aromatic N) is 3. The second-order valence-electron chi connectivity index (χ2n) is 4.98. The number of non-ortho nitro benzene ring substituents is 1. The predicted octanol–water partition coefficient (Wildman–Crippen LogP) is 2.33. The standard InChI is InChI=1S/C16H17N3O5/c1-3-14(16(21)24-4-2)18-15(20)9-8-13(17-18)11-6-5-7-12(10-11)19(22)23/h5-10,14H,3-4H2,1-2H3. The van der Waals surface area contributed by atoms with Crippen molar-refractivity contribution in [2.24, 2.45) is 0 Å². The number of aromatic nitrogens is 2. The Hall–Kier alpha value is -3.03. The van der Waals surface area contributed by atoms with Crippen LogP contribution in [0.4, 0.5) is 5.69 Å². The molecule has 8 heteroatoms. The van der Waals surface area contributed by atoms with E-state index in [1.807, 2.05) is 0 Å². The summed E-state index contributed by atoms with van der Waals surface area (Å²) in [4.78, 5) is 34.5. The van der Waals surface area contributed by atoms with Gasteiger partial charge in [0.05, 0.1) is 17.2 Å². The van der Waals surface area contributed by atoms with Crippen LogP contribution in [0.3, 0.4) is 0 Å². The highest BCUT2D eigenvalue weighted by Crippen LogP contribution is 2.22. The minimum Gasteiger partial charge on any atom is -0.464 e. The SMILES string of the molecule is CCOC(=O)C(CC)n1nc(-c2cccc([N+](=O)[O-])c2)ccc1=O. The van der Waals surface area contributed by atoms with Gasteiger partial charge in [-0.2, -0.15) is 5.10 Å². The molecule has 0 aliphatic rings. The number of nitro benzene ring substituents is 1. The van der Waals surface area contributed by atoms with Crippen LogP contribution in [0.2, 0.25) is 0 Å². The van der Waals surface area contributed by atoms with E-state index in [1.165, 1.54) is 30.3 Å². The van der Waals surface area contributed by atoms with Gasteiger partial charge in [0, 0.05) is 23.8 Å². The van der Waals surface area contributed by atoms with Crippen LogP contribution < -0.4 is 5.56 Å². The van der Waals surface area contributed by atoms with Gasteiger partial charge in [0.2, 0.25) is 0 Å². The van der Waals surface area contributed by atoms with E-state index >= 15 is 0 Å². The summed E-state index contributed by atoms with van der Waals surface area (Å²) in [7, 11) is 0. The van der Waals surface area contributed by atoms with Gasteiger partial charge in [-0.05, 0) is 19.4 Å². The Labute approximate surface area is 137 Å². The normalized spacial score (nSPS) is 11.8. The molecule has 1 atom stereocenters. The second-order valence-corrected chi connectivity index (χ2v) is 4.98. The van der Waals surface area contributed by atoms with Crippen LogP contribution in [0.1, 0.15) is 26.3 Å². The van der Waals surface area contributed by atoms with E-state index in [0.29, 0.717) is 17.7 Å². The molecule has 0 saturated carbocycles. The number of carbonyl (C=O) groups excluding carboxylic acids is 1. The molecule has 1 unspecified atom stereocenters. The summed E-state index contributed by atoms with van der Waals surface area (Å²) < 4.78 is 6.03. The van der Waals surface area contributed by atoms with Crippen molar-refractivity contribution in [3.05, 3.63) is 56.9 Å². The van der Waals surface area contributed by atoms with Gasteiger partial charge >= 0.3 is 5.97 Å². The fourth-order valence-corrected chi connectivity index (χ4v) is 2.26. The summed E-state index contributed by atoms with van der Waals surface area (Å²) in [5.41, 5.74) is 0.325. The number of carbonyl (C=O) groups is 1. The molecule has 0 aliphatic heterocycles. The molecule has 126 valence electrons. The Morgan fingerprint density at radius 3 is 2.71 bits per heavy atom. The lowest BCUT2D eigenvalue weighted by atomic mass is 10.1. The Kier molecular flexibility index (Phi) is 5.41. The molecule has 1 aromatic carbocycles. The molecule has 2 rings (SSSR count). The highest BCUT2D eigenvalue weighted by Gasteiger charge is 2.22. The molecule has 0 N–H and O–H groups in total. The van der Waals surface area contributed by atoms with Crippen molar-refractivity contribution >= 4 is 11.7 Å². The number of hydrogen-bond donors (Lipinski definition) is 0. The van der Waals surface area contributed by atoms with Crippen LogP contribution in [0.5, 0.6) is 0 Å². The first-order valence-electron chi connectivity index (χ1n) is 7.49. The molecule has 8 nitrogen and oxygen atoms in total. The average Bonchev–Trinajstić information content (AvgIpc) is 2.57. The summed E-state index contributed by atoms with van der Waals surface area (Å²) >= 11 is 0. The second kappa shape index (κ2) is 7.49. The Morgan fingerprint density at radius 1 is 1.33 bits per heavy atom. The Bertz CT molecular complexity index is 815. The number of rotatable bonds is 6. The van der Waals surface area contributed by atoms with Gasteiger partial charge in [-0.15, -0.1) is 0 Å². The molecule has 0 saturated heterocycles. The first kappa shape index (κ1) is 17.3. The molecule has 0 amide bonds. The summed E-state index contributed by atoms with van der Waals surface area (Å²) in [5.74, 6) is -0.536. The Balaban J connectivity index is 2.48. The molecule has 2 aromatic rings. The maximum atomic E-state index is 12.1. The summed E-state index contributed by atoms with van der Waals surface area (Å²) in [6, 6.07) is 7.83. The zero-order valence-electron chi connectivity index (χ0n) is 13.3. The van der Waals surface area contributed by atoms with Gasteiger partial charge in [0.1, 0.15) is 0 Å². The van der Waals surface area contributed by atoms with E-state index in [2.05, 4.69) is 5.10 Å². The topological polar surface area (TPSA) is 104 Å². The van der Waals surface area contributed by atoms with Gasteiger partial charge in [-0.1, -0.05) is 19.1 Å². The highest BCUT2D eigenvalue weighted by atomic mass is 16.6. The lowest BCUT2D eigenvalue weighted by Gasteiger charge is -2.16. The minimum absolute atomic E-state index is 0.0792. The van der Waals surface area contributed by atoms with Crippen molar-refractivity contribution in [2.45, 2.75) is 26.3 Å². The molecule has 1 aromatic heterocycles. The van der Waals surface area contributed by atoms with Crippen LogP contribution >= 0.6 is 0 Å². The molecule has 0 radical (unpaired) electrons. The molecular weight excluding hydrogens is 314 g/mol. The fraction of sp³-hybridized carbons (Fsp3) is 0.312. The van der Waals surface area contributed by atoms with E-state index in [-0.39, 0.29) is 12.3 Å². The number of hydrogen-bond acceptors (Lipinski definition) is 6. The van der Waals surface area contributed by atoms with Crippen molar-refractivity contribution < 1.29 is 14.5 Å². The quantitative estimate of drug-likeness (QED) is 0.457. The van der Waals surface area contributed by atoms with Crippen LogP contribution in [-0.2, 0) is 9.53 Å². The molecule has 24 heavy (non-hydrogen) atoms. The third-order valence-electron chi connectivity index (χ3n) is 3.42. The zero-order chi connectivity index (χ0) is 17.7. The fourth-order valence-electron chi connectivity index (χ4n) is 2.26. The van der Waals surface area contributed by atoms with E-state index in [9.17, 15) is 19.7 Å². The molecule has 0 fully saturated rings. The summed E-state index contributed by atoms with van der Waals surface area (Å²) in [5, 5.41) is 15.1. The van der Waals surface area contributed by atoms with E-state index in [1.54, 1.807) is 19.9 Å². The number of nitro groups is 1. The maximum Gasteiger partial charge on any atom is 0.331 e. The first-order chi connectivity index (χ1) is 11.5. The van der Waals surface area contributed by atoms with Gasteiger partial charge < -0.3 is 4.74 Å². The highest BCUT2D eigenvalue weighted by molar-refractivity contribution is 5.74. The van der Waals surface area contributed by atoms with Gasteiger partial charge in [0.15, 0.2) is 6.04 Å². The van der Waals surface area contributed by atoms with Crippen LogP contribution in [0.25, 0.3) is 11.3 Å². The Morgan fingerprint density at radius 2 is 2.08 bits per heavy atom. The van der Waals surface area contributed by atoms with Crippen molar-refractivity contribution in [3.63, 3.8) is 0 Å². The molecule has 0 spiro atoms. The first-order valence-corrected chi connectivity index (χ1v) is 7.49. The molecule has 0 aliphatic carbocycles. The van der Waals surface area contributed by atoms with E-state index in [0.717, 1.165) is 4.68 Å². The van der Waals surface area contributed by atoms with E-state index in [4.69, 9.17) is 4.74 Å². The lowest BCUT2D eigenvalue weighted by Crippen LogP contribution is -2.32. The van der Waals surface area contributed by atoms with Gasteiger partial charge in [-0.25, -0.2) is 9.48 Å². The van der Waals surface area contributed by atoms with E-state index < -0.39 is 22.5 Å². The number of benzene rings is 1. The summed E-state index contributed by atoms with van der Waals surface area (Å²) in [6.45, 7) is 3.63. The molecule has 0 bridgehead atoms.